The lowest BCUT2D eigenvalue weighted by molar-refractivity contribution is 0.102. The van der Waals surface area contributed by atoms with Gasteiger partial charge in [0.15, 0.2) is 5.82 Å². The van der Waals surface area contributed by atoms with Crippen molar-refractivity contribution in [2.75, 3.05) is 18.4 Å². The van der Waals surface area contributed by atoms with Crippen LogP contribution in [0.15, 0.2) is 36.7 Å². The highest BCUT2D eigenvalue weighted by atomic mass is 35.5. The summed E-state index contributed by atoms with van der Waals surface area (Å²) in [6, 6.07) is 7.18. The van der Waals surface area contributed by atoms with Crippen LogP contribution >= 0.6 is 12.4 Å². The van der Waals surface area contributed by atoms with E-state index in [4.69, 9.17) is 0 Å². The molecule has 142 valence electrons. The van der Waals surface area contributed by atoms with Crippen LogP contribution in [0.2, 0.25) is 0 Å². The Bertz CT molecular complexity index is 902. The molecular formula is C17H21ClN8O. The molecule has 1 fully saturated rings. The van der Waals surface area contributed by atoms with Gasteiger partial charge in [-0.2, -0.15) is 10.1 Å². The molecule has 1 aliphatic heterocycles. The number of hydrogen-bond donors (Lipinski definition) is 2. The van der Waals surface area contributed by atoms with Crippen molar-refractivity contribution in [2.45, 2.75) is 18.8 Å². The first-order valence-electron chi connectivity index (χ1n) is 8.60. The van der Waals surface area contributed by atoms with Crippen molar-refractivity contribution in [1.29, 1.82) is 0 Å². The molecule has 1 aromatic carbocycles. The van der Waals surface area contributed by atoms with Crippen LogP contribution in [-0.2, 0) is 7.05 Å². The smallest absolute Gasteiger partial charge is 0.258 e. The Balaban J connectivity index is 0.00000210. The standard InChI is InChI=1S/C17H20N8O.ClH/c1-24-17(20-15(22-24)12-5-7-18-8-6-12)21-16(26)13-3-2-4-14(11-13)25-10-9-19-23-25;/h2-4,9-12,18H,5-8H2,1H3,(H,20,21,22,26);1H. The van der Waals surface area contributed by atoms with Crippen molar-refractivity contribution < 1.29 is 4.79 Å². The largest absolute Gasteiger partial charge is 0.317 e. The molecule has 9 nitrogen and oxygen atoms in total. The second-order valence-electron chi connectivity index (χ2n) is 6.29. The Morgan fingerprint density at radius 3 is 2.85 bits per heavy atom. The fourth-order valence-corrected chi connectivity index (χ4v) is 3.08. The highest BCUT2D eigenvalue weighted by Crippen LogP contribution is 2.23. The van der Waals surface area contributed by atoms with Gasteiger partial charge in [-0.15, -0.1) is 17.5 Å². The van der Waals surface area contributed by atoms with E-state index in [0.717, 1.165) is 37.4 Å². The van der Waals surface area contributed by atoms with E-state index in [0.29, 0.717) is 17.4 Å². The highest BCUT2D eigenvalue weighted by molar-refractivity contribution is 6.03. The molecule has 0 radical (unpaired) electrons. The summed E-state index contributed by atoms with van der Waals surface area (Å²) in [5.41, 5.74) is 1.29. The van der Waals surface area contributed by atoms with E-state index in [2.05, 4.69) is 31.0 Å². The number of halogens is 1. The zero-order chi connectivity index (χ0) is 17.9. The minimum atomic E-state index is -0.237. The maximum absolute atomic E-state index is 12.6. The van der Waals surface area contributed by atoms with Crippen LogP contribution in [0.1, 0.15) is 34.9 Å². The van der Waals surface area contributed by atoms with Crippen molar-refractivity contribution in [1.82, 2.24) is 35.1 Å². The number of aryl methyl sites for hydroxylation is 1. The molecule has 3 aromatic rings. The van der Waals surface area contributed by atoms with Crippen molar-refractivity contribution in [3.05, 3.63) is 48.0 Å². The molecule has 27 heavy (non-hydrogen) atoms. The van der Waals surface area contributed by atoms with E-state index in [1.807, 2.05) is 12.1 Å². The lowest BCUT2D eigenvalue weighted by atomic mass is 9.98. The molecule has 1 saturated heterocycles. The Labute approximate surface area is 162 Å². The van der Waals surface area contributed by atoms with Crippen molar-refractivity contribution >= 4 is 24.3 Å². The van der Waals surface area contributed by atoms with Crippen molar-refractivity contribution in [3.8, 4) is 5.69 Å². The maximum Gasteiger partial charge on any atom is 0.258 e. The number of rotatable bonds is 4. The van der Waals surface area contributed by atoms with Gasteiger partial charge in [0, 0.05) is 18.5 Å². The molecule has 1 amide bonds. The van der Waals surface area contributed by atoms with Gasteiger partial charge in [-0.1, -0.05) is 11.3 Å². The second-order valence-corrected chi connectivity index (χ2v) is 6.29. The summed E-state index contributed by atoms with van der Waals surface area (Å²) in [6.07, 6.45) is 5.34. The summed E-state index contributed by atoms with van der Waals surface area (Å²) < 4.78 is 3.23. The summed E-state index contributed by atoms with van der Waals surface area (Å²) in [6.45, 7) is 1.94. The molecule has 4 rings (SSSR count). The number of amides is 1. The summed E-state index contributed by atoms with van der Waals surface area (Å²) in [4.78, 5) is 17.2. The monoisotopic (exact) mass is 388 g/mol. The van der Waals surface area contributed by atoms with E-state index >= 15 is 0 Å². The molecular weight excluding hydrogens is 368 g/mol. The second kappa shape index (κ2) is 8.28. The molecule has 2 aromatic heterocycles. The summed E-state index contributed by atoms with van der Waals surface area (Å²) in [5, 5.41) is 18.4. The zero-order valence-electron chi connectivity index (χ0n) is 14.9. The SMILES string of the molecule is Cl.Cn1nc(C2CCNCC2)nc1NC(=O)c1cccc(-n2ccnn2)c1. The molecule has 0 bridgehead atoms. The van der Waals surface area contributed by atoms with Gasteiger partial charge >= 0.3 is 0 Å². The third kappa shape index (κ3) is 4.15. The third-order valence-corrected chi connectivity index (χ3v) is 4.50. The average molecular weight is 389 g/mol. The van der Waals surface area contributed by atoms with Crippen molar-refractivity contribution in [3.63, 3.8) is 0 Å². The molecule has 0 atom stereocenters. The number of aromatic nitrogens is 6. The van der Waals surface area contributed by atoms with Crippen LogP contribution in [0.5, 0.6) is 0 Å². The predicted molar refractivity (Wildman–Crippen MR) is 102 cm³/mol. The van der Waals surface area contributed by atoms with Gasteiger partial charge in [-0.05, 0) is 44.1 Å². The van der Waals surface area contributed by atoms with Crippen LogP contribution in [0, 0.1) is 0 Å². The summed E-state index contributed by atoms with van der Waals surface area (Å²) in [7, 11) is 1.79. The minimum Gasteiger partial charge on any atom is -0.317 e. The number of carbonyl (C=O) groups excluding carboxylic acids is 1. The molecule has 2 N–H and O–H groups in total. The number of nitrogens with one attached hydrogen (secondary N) is 2. The number of piperidine rings is 1. The Morgan fingerprint density at radius 2 is 2.11 bits per heavy atom. The van der Waals surface area contributed by atoms with E-state index < -0.39 is 0 Å². The lowest BCUT2D eigenvalue weighted by Gasteiger charge is -2.19. The van der Waals surface area contributed by atoms with Crippen LogP contribution in [0.25, 0.3) is 5.69 Å². The number of anilines is 1. The van der Waals surface area contributed by atoms with Crippen LogP contribution < -0.4 is 10.6 Å². The van der Waals surface area contributed by atoms with Gasteiger partial charge in [-0.3, -0.25) is 10.1 Å². The number of nitrogens with zero attached hydrogens (tertiary/aromatic N) is 6. The van der Waals surface area contributed by atoms with Crippen LogP contribution in [0.4, 0.5) is 5.95 Å². The van der Waals surface area contributed by atoms with Gasteiger partial charge in [0.2, 0.25) is 5.95 Å². The fourth-order valence-electron chi connectivity index (χ4n) is 3.08. The van der Waals surface area contributed by atoms with Crippen LogP contribution in [-0.4, -0.2) is 48.8 Å². The molecule has 0 spiro atoms. The van der Waals surface area contributed by atoms with Crippen molar-refractivity contribution in [2.24, 2.45) is 7.05 Å². The van der Waals surface area contributed by atoms with Gasteiger partial charge in [0.1, 0.15) is 0 Å². The van der Waals surface area contributed by atoms with Crippen LogP contribution in [0.3, 0.4) is 0 Å². The highest BCUT2D eigenvalue weighted by Gasteiger charge is 2.21. The Kier molecular flexibility index (Phi) is 5.82. The molecule has 3 heterocycles. The van der Waals surface area contributed by atoms with E-state index in [-0.39, 0.29) is 18.3 Å². The third-order valence-electron chi connectivity index (χ3n) is 4.50. The average Bonchev–Trinajstić information content (AvgIpc) is 3.33. The first-order chi connectivity index (χ1) is 12.7. The Morgan fingerprint density at radius 1 is 1.30 bits per heavy atom. The first kappa shape index (κ1) is 19.0. The molecule has 1 aliphatic rings. The van der Waals surface area contributed by atoms with E-state index in [1.54, 1.807) is 40.9 Å². The van der Waals surface area contributed by atoms with Gasteiger partial charge in [0.05, 0.1) is 18.1 Å². The number of hydrogen-bond acceptors (Lipinski definition) is 6. The zero-order valence-corrected chi connectivity index (χ0v) is 15.7. The summed E-state index contributed by atoms with van der Waals surface area (Å²) >= 11 is 0. The van der Waals surface area contributed by atoms with E-state index in [9.17, 15) is 4.79 Å². The molecule has 0 aliphatic carbocycles. The summed E-state index contributed by atoms with van der Waals surface area (Å²) in [5.74, 6) is 1.35. The molecule has 0 unspecified atom stereocenters. The fraction of sp³-hybridized carbons (Fsp3) is 0.353. The topological polar surface area (TPSA) is 103 Å². The maximum atomic E-state index is 12.6. The Hall–Kier alpha value is -2.78. The van der Waals surface area contributed by atoms with Gasteiger partial charge in [0.25, 0.3) is 5.91 Å². The normalized spacial score (nSPS) is 14.6. The molecule has 10 heteroatoms. The predicted octanol–water partition coefficient (Wildman–Crippen LogP) is 1.54. The first-order valence-corrected chi connectivity index (χ1v) is 8.60. The number of benzene rings is 1. The molecule has 0 saturated carbocycles. The minimum absolute atomic E-state index is 0. The lowest BCUT2D eigenvalue weighted by Crippen LogP contribution is -2.27. The quantitative estimate of drug-likeness (QED) is 0.702. The number of carbonyl (C=O) groups is 1. The van der Waals surface area contributed by atoms with Gasteiger partial charge < -0.3 is 5.32 Å². The van der Waals surface area contributed by atoms with E-state index in [1.165, 1.54) is 0 Å². The van der Waals surface area contributed by atoms with Gasteiger partial charge in [-0.25, -0.2) is 9.36 Å².